The monoisotopic (exact) mass is 344 g/mol. The van der Waals surface area contributed by atoms with Crippen LogP contribution in [0.1, 0.15) is 58.8 Å². The summed E-state index contributed by atoms with van der Waals surface area (Å²) in [5.41, 5.74) is 2.11. The fourth-order valence-electron chi connectivity index (χ4n) is 7.71. The van der Waals surface area contributed by atoms with Gasteiger partial charge < -0.3 is 0 Å². The highest BCUT2D eigenvalue weighted by Gasteiger charge is 2.64. The molecule has 0 spiro atoms. The lowest BCUT2D eigenvalue weighted by Gasteiger charge is -2.57. The predicted molar refractivity (Wildman–Crippen MR) is 96.8 cm³/mol. The Morgan fingerprint density at radius 1 is 1.21 bits per heavy atom. The molecule has 0 radical (unpaired) electrons. The van der Waals surface area contributed by atoms with E-state index in [0.717, 1.165) is 37.0 Å². The van der Waals surface area contributed by atoms with E-state index >= 15 is 0 Å². The van der Waals surface area contributed by atoms with E-state index in [1.807, 2.05) is 13.0 Å². The number of hydrogen-bond acceptors (Lipinski definition) is 3. The molecule has 5 aliphatic rings. The highest BCUT2D eigenvalue weighted by atomic mass is 32.2. The maximum atomic E-state index is 12.2. The van der Waals surface area contributed by atoms with E-state index < -0.39 is 0 Å². The lowest BCUT2D eigenvalue weighted by atomic mass is 9.46. The fraction of sp³-hybridized carbons (Fsp3) is 0.810. The van der Waals surface area contributed by atoms with Gasteiger partial charge in [0.15, 0.2) is 5.78 Å². The van der Waals surface area contributed by atoms with Crippen molar-refractivity contribution in [2.45, 2.75) is 64.0 Å². The van der Waals surface area contributed by atoms with Crippen molar-refractivity contribution in [3.63, 3.8) is 0 Å². The number of hydrogen-bond donors (Lipinski definition) is 0. The van der Waals surface area contributed by atoms with Crippen LogP contribution in [-0.2, 0) is 9.59 Å². The van der Waals surface area contributed by atoms with Crippen LogP contribution in [0.15, 0.2) is 11.6 Å². The molecule has 3 heteroatoms. The lowest BCUT2D eigenvalue weighted by Crippen LogP contribution is -2.52. The molecule has 0 aromatic heterocycles. The minimum Gasteiger partial charge on any atom is -0.300 e. The molecular weight excluding hydrogens is 316 g/mol. The summed E-state index contributed by atoms with van der Waals surface area (Å²) in [4.78, 5) is 24.2. The second-order valence-electron chi connectivity index (χ2n) is 9.42. The molecule has 1 heterocycles. The first-order valence-corrected chi connectivity index (χ1v) is 10.9. The zero-order valence-electron chi connectivity index (χ0n) is 14.8. The first-order valence-electron chi connectivity index (χ1n) is 9.83. The normalized spacial score (nSPS) is 52.3. The van der Waals surface area contributed by atoms with Crippen molar-refractivity contribution in [1.29, 1.82) is 0 Å². The van der Waals surface area contributed by atoms with Crippen molar-refractivity contribution in [3.05, 3.63) is 11.6 Å². The molecule has 1 saturated heterocycles. The number of carbonyl (C=O) groups is 2. The van der Waals surface area contributed by atoms with Crippen LogP contribution in [0.2, 0.25) is 0 Å². The Hall–Kier alpha value is -0.570. The van der Waals surface area contributed by atoms with Crippen molar-refractivity contribution >= 4 is 23.3 Å². The van der Waals surface area contributed by atoms with Gasteiger partial charge in [0.25, 0.3) is 0 Å². The van der Waals surface area contributed by atoms with Crippen molar-refractivity contribution in [1.82, 2.24) is 0 Å². The summed E-state index contributed by atoms with van der Waals surface area (Å²) in [6, 6.07) is 0. The molecule has 1 aliphatic heterocycles. The van der Waals surface area contributed by atoms with E-state index in [2.05, 4.69) is 18.7 Å². The quantitative estimate of drug-likeness (QED) is 0.706. The molecule has 130 valence electrons. The molecule has 7 atom stereocenters. The third kappa shape index (κ3) is 1.80. The van der Waals surface area contributed by atoms with Crippen molar-refractivity contribution in [2.24, 2.45) is 34.5 Å². The van der Waals surface area contributed by atoms with Crippen molar-refractivity contribution in [3.8, 4) is 0 Å². The molecule has 5 rings (SSSR count). The first-order chi connectivity index (χ1) is 11.5. The summed E-state index contributed by atoms with van der Waals surface area (Å²) in [7, 11) is 0. The molecule has 0 aromatic carbocycles. The smallest absolute Gasteiger partial charge is 0.155 e. The van der Waals surface area contributed by atoms with Crippen LogP contribution in [0.5, 0.6) is 0 Å². The van der Waals surface area contributed by atoms with E-state index in [1.165, 1.54) is 37.0 Å². The third-order valence-corrected chi connectivity index (χ3v) is 10.3. The Morgan fingerprint density at radius 3 is 2.83 bits per heavy atom. The van der Waals surface area contributed by atoms with Gasteiger partial charge in [0.1, 0.15) is 5.78 Å². The van der Waals surface area contributed by atoms with Crippen LogP contribution in [-0.4, -0.2) is 22.6 Å². The molecule has 0 N–H and O–H groups in total. The highest BCUT2D eigenvalue weighted by Crippen LogP contribution is 2.70. The van der Waals surface area contributed by atoms with Crippen LogP contribution >= 0.6 is 11.8 Å². The molecule has 4 unspecified atom stereocenters. The zero-order chi connectivity index (χ0) is 16.7. The molecule has 24 heavy (non-hydrogen) atoms. The van der Waals surface area contributed by atoms with Gasteiger partial charge in [-0.3, -0.25) is 9.59 Å². The maximum Gasteiger partial charge on any atom is 0.155 e. The third-order valence-electron chi connectivity index (χ3n) is 8.72. The SMILES string of the molecule is CC(=O)C1CCC2C3C[C@H]4SC[C@@]5(CCC(=O)C=C45)C3CC[C@]12C. The zero-order valence-corrected chi connectivity index (χ0v) is 15.7. The van der Waals surface area contributed by atoms with E-state index in [1.54, 1.807) is 0 Å². The Balaban J connectivity index is 1.54. The largest absolute Gasteiger partial charge is 0.300 e. The number of ketones is 2. The number of carbonyl (C=O) groups excluding carboxylic acids is 2. The van der Waals surface area contributed by atoms with Crippen LogP contribution in [0.3, 0.4) is 0 Å². The van der Waals surface area contributed by atoms with E-state index in [-0.39, 0.29) is 5.41 Å². The summed E-state index contributed by atoms with van der Waals surface area (Å²) < 4.78 is 0. The molecule has 0 aromatic rings. The standard InChI is InChI=1S/C21H28O2S/c1-12(22)15-3-4-16-14-10-19-18-9-13(23)5-8-21(18,11-24-19)17(14)6-7-20(15,16)2/h9,14-17,19H,3-8,10-11H2,1-2H3/t14?,15?,16?,17?,19-,20-,21+/m1/s1. The number of thioether (sulfide) groups is 1. The van der Waals surface area contributed by atoms with Crippen LogP contribution in [0.4, 0.5) is 0 Å². The molecular formula is C21H28O2S. The average Bonchev–Trinajstić information content (AvgIpc) is 3.02. The van der Waals surface area contributed by atoms with Gasteiger partial charge in [0.05, 0.1) is 0 Å². The number of rotatable bonds is 1. The molecule has 4 fully saturated rings. The van der Waals surface area contributed by atoms with E-state index in [4.69, 9.17) is 0 Å². The topological polar surface area (TPSA) is 34.1 Å². The minimum atomic E-state index is 0.249. The maximum absolute atomic E-state index is 12.2. The summed E-state index contributed by atoms with van der Waals surface area (Å²) in [5.74, 6) is 4.64. The summed E-state index contributed by atoms with van der Waals surface area (Å²) in [6.07, 6.45) is 10.0. The van der Waals surface area contributed by atoms with Crippen LogP contribution in [0, 0.1) is 34.5 Å². The van der Waals surface area contributed by atoms with Gasteiger partial charge in [-0.1, -0.05) is 6.92 Å². The summed E-state index contributed by atoms with van der Waals surface area (Å²) in [5, 5.41) is 0.592. The predicted octanol–water partition coefficient (Wildman–Crippen LogP) is 4.43. The van der Waals surface area contributed by atoms with Gasteiger partial charge in [0.2, 0.25) is 0 Å². The highest BCUT2D eigenvalue weighted by molar-refractivity contribution is 8.00. The van der Waals surface area contributed by atoms with Crippen LogP contribution < -0.4 is 0 Å². The second kappa shape index (κ2) is 4.99. The number of Topliss-reactive ketones (excluding diaryl/α,β-unsaturated/α-hetero) is 1. The van der Waals surface area contributed by atoms with Gasteiger partial charge in [-0.05, 0) is 80.3 Å². The lowest BCUT2D eigenvalue weighted by molar-refractivity contribution is -0.128. The van der Waals surface area contributed by atoms with E-state index in [9.17, 15) is 9.59 Å². The van der Waals surface area contributed by atoms with Crippen molar-refractivity contribution in [2.75, 3.05) is 5.75 Å². The summed E-state index contributed by atoms with van der Waals surface area (Å²) in [6.45, 7) is 4.24. The van der Waals surface area contributed by atoms with Gasteiger partial charge in [0, 0.05) is 28.8 Å². The Bertz CT molecular complexity index is 652. The first kappa shape index (κ1) is 15.7. The molecule has 0 amide bonds. The molecule has 4 aliphatic carbocycles. The van der Waals surface area contributed by atoms with Gasteiger partial charge >= 0.3 is 0 Å². The fourth-order valence-corrected chi connectivity index (χ4v) is 9.57. The minimum absolute atomic E-state index is 0.249. The molecule has 3 saturated carbocycles. The van der Waals surface area contributed by atoms with Crippen LogP contribution in [0.25, 0.3) is 0 Å². The molecule has 2 bridgehead atoms. The Labute approximate surface area is 149 Å². The average molecular weight is 345 g/mol. The second-order valence-corrected chi connectivity index (χ2v) is 10.6. The van der Waals surface area contributed by atoms with Gasteiger partial charge in [-0.15, -0.1) is 0 Å². The Kier molecular flexibility index (Phi) is 3.26. The van der Waals surface area contributed by atoms with E-state index in [0.29, 0.717) is 28.1 Å². The van der Waals surface area contributed by atoms with Crippen molar-refractivity contribution < 1.29 is 9.59 Å². The number of fused-ring (bicyclic) bond motifs is 3. The summed E-state index contributed by atoms with van der Waals surface area (Å²) >= 11 is 2.13. The Morgan fingerprint density at radius 2 is 2.04 bits per heavy atom. The molecule has 2 nitrogen and oxygen atoms in total. The van der Waals surface area contributed by atoms with Gasteiger partial charge in [-0.2, -0.15) is 11.8 Å². The van der Waals surface area contributed by atoms with Gasteiger partial charge in [-0.25, -0.2) is 0 Å².